The van der Waals surface area contributed by atoms with E-state index in [1.54, 1.807) is 0 Å². The number of hydrogen-bond acceptors (Lipinski definition) is 5. The first-order valence-corrected chi connectivity index (χ1v) is 25.7. The standard InChI is InChI=1S/C54H99NO5/c1-3-5-7-9-11-13-15-17-19-21-23-24-25-26-27-28-29-30-32-33-35-37-39-41-43-45-47-51(57)53(59)50(49-56)55-54(60)52(58)48-46-44-42-40-38-36-34-31-22-20-18-16-14-12-10-8-6-4-2/h12,14,16,18,27-28,32-33,39,41,50-53,56-59H,3-11,13,15,17,19-26,29-31,34-38,40,42-49H2,1-2H3,(H,55,60)/b14-12-,18-16-,28-27+,33-32+,41-39+. The highest BCUT2D eigenvalue weighted by Crippen LogP contribution is 2.15. The van der Waals surface area contributed by atoms with Crippen molar-refractivity contribution in [1.29, 1.82) is 0 Å². The molecule has 0 aromatic rings. The molecule has 0 heterocycles. The van der Waals surface area contributed by atoms with Gasteiger partial charge in [-0.3, -0.25) is 4.79 Å². The molecule has 0 rings (SSSR count). The Morgan fingerprint density at radius 2 is 0.750 bits per heavy atom. The Bertz CT molecular complexity index is 1040. The van der Waals surface area contributed by atoms with Crippen molar-refractivity contribution in [1.82, 2.24) is 5.32 Å². The lowest BCUT2D eigenvalue weighted by Crippen LogP contribution is -2.53. The van der Waals surface area contributed by atoms with Gasteiger partial charge in [0.15, 0.2) is 0 Å². The maximum atomic E-state index is 12.5. The fourth-order valence-corrected chi connectivity index (χ4v) is 7.60. The van der Waals surface area contributed by atoms with E-state index in [0.717, 1.165) is 57.8 Å². The van der Waals surface area contributed by atoms with Crippen molar-refractivity contribution in [2.75, 3.05) is 6.61 Å². The molecule has 0 aliphatic heterocycles. The second-order valence-electron chi connectivity index (χ2n) is 17.5. The number of hydrogen-bond donors (Lipinski definition) is 5. The van der Waals surface area contributed by atoms with Crippen LogP contribution in [0.25, 0.3) is 0 Å². The van der Waals surface area contributed by atoms with E-state index in [1.807, 2.05) is 0 Å². The molecule has 0 aromatic carbocycles. The van der Waals surface area contributed by atoms with E-state index < -0.39 is 36.9 Å². The quantitative estimate of drug-likeness (QED) is 0.0238. The molecule has 0 radical (unpaired) electrons. The summed E-state index contributed by atoms with van der Waals surface area (Å²) in [6.45, 7) is 4.02. The van der Waals surface area contributed by atoms with Crippen LogP contribution in [0.4, 0.5) is 0 Å². The van der Waals surface area contributed by atoms with Gasteiger partial charge in [0, 0.05) is 0 Å². The number of amides is 1. The zero-order valence-electron chi connectivity index (χ0n) is 39.4. The number of unbranched alkanes of at least 4 members (excludes halogenated alkanes) is 28. The van der Waals surface area contributed by atoms with Gasteiger partial charge in [-0.2, -0.15) is 0 Å². The van der Waals surface area contributed by atoms with Crippen LogP contribution in [-0.4, -0.2) is 57.3 Å². The molecule has 350 valence electrons. The van der Waals surface area contributed by atoms with Gasteiger partial charge in [0.2, 0.25) is 5.91 Å². The number of aliphatic hydroxyl groups excluding tert-OH is 4. The highest BCUT2D eigenvalue weighted by molar-refractivity contribution is 5.80. The van der Waals surface area contributed by atoms with Gasteiger partial charge in [-0.25, -0.2) is 0 Å². The van der Waals surface area contributed by atoms with E-state index in [2.05, 4.69) is 79.9 Å². The summed E-state index contributed by atoms with van der Waals surface area (Å²) < 4.78 is 0. The zero-order chi connectivity index (χ0) is 43.8. The van der Waals surface area contributed by atoms with Gasteiger partial charge in [-0.05, 0) is 89.9 Å². The van der Waals surface area contributed by atoms with Crippen molar-refractivity contribution in [3.05, 3.63) is 60.8 Å². The van der Waals surface area contributed by atoms with Crippen LogP contribution in [0.1, 0.15) is 245 Å². The van der Waals surface area contributed by atoms with E-state index in [-0.39, 0.29) is 0 Å². The largest absolute Gasteiger partial charge is 0.394 e. The molecule has 5 N–H and O–H groups in total. The second-order valence-corrected chi connectivity index (χ2v) is 17.5. The lowest BCUT2D eigenvalue weighted by Gasteiger charge is -2.27. The molecule has 4 unspecified atom stereocenters. The Labute approximate surface area is 372 Å². The first-order valence-electron chi connectivity index (χ1n) is 25.7. The topological polar surface area (TPSA) is 110 Å². The SMILES string of the molecule is CCCCC/C=C\C=C/CCCCCCCCCCCC(O)C(=O)NC(CO)C(O)C(O)CCC/C=C/CC/C=C/CC/C=C/CCCCCCCCCCCCCCC. The Kier molecular flexibility index (Phi) is 46.5. The number of carbonyl (C=O) groups excluding carboxylic acids is 1. The van der Waals surface area contributed by atoms with E-state index in [9.17, 15) is 25.2 Å². The summed E-state index contributed by atoms with van der Waals surface area (Å²) in [7, 11) is 0. The van der Waals surface area contributed by atoms with Gasteiger partial charge < -0.3 is 25.7 Å². The Morgan fingerprint density at radius 3 is 1.18 bits per heavy atom. The maximum Gasteiger partial charge on any atom is 0.249 e. The third-order valence-electron chi connectivity index (χ3n) is 11.7. The summed E-state index contributed by atoms with van der Waals surface area (Å²) in [6.07, 6.45) is 61.2. The molecule has 6 heteroatoms. The first kappa shape index (κ1) is 58.0. The van der Waals surface area contributed by atoms with Crippen molar-refractivity contribution < 1.29 is 25.2 Å². The van der Waals surface area contributed by atoms with Crippen molar-refractivity contribution in [2.45, 2.75) is 269 Å². The molecular weight excluding hydrogens is 743 g/mol. The smallest absolute Gasteiger partial charge is 0.249 e. The molecule has 6 nitrogen and oxygen atoms in total. The van der Waals surface area contributed by atoms with Crippen LogP contribution in [0.2, 0.25) is 0 Å². The number of rotatable bonds is 46. The van der Waals surface area contributed by atoms with Gasteiger partial charge in [0.1, 0.15) is 12.2 Å². The van der Waals surface area contributed by atoms with E-state index in [1.165, 1.54) is 154 Å². The second kappa shape index (κ2) is 48.0. The van der Waals surface area contributed by atoms with Crippen molar-refractivity contribution in [2.24, 2.45) is 0 Å². The van der Waals surface area contributed by atoms with E-state index in [0.29, 0.717) is 19.3 Å². The molecule has 0 saturated carbocycles. The van der Waals surface area contributed by atoms with Crippen molar-refractivity contribution >= 4 is 5.91 Å². The van der Waals surface area contributed by atoms with Gasteiger partial charge in [-0.15, -0.1) is 0 Å². The molecule has 60 heavy (non-hydrogen) atoms. The normalized spacial score (nSPS) is 14.4. The third kappa shape index (κ3) is 41.4. The monoisotopic (exact) mass is 842 g/mol. The summed E-state index contributed by atoms with van der Waals surface area (Å²) in [6, 6.07) is -1.02. The molecule has 0 aliphatic rings. The molecule has 1 amide bonds. The van der Waals surface area contributed by atoms with Gasteiger partial charge in [0.05, 0.1) is 18.8 Å². The predicted molar refractivity (Wildman–Crippen MR) is 260 cm³/mol. The van der Waals surface area contributed by atoms with Gasteiger partial charge >= 0.3 is 0 Å². The van der Waals surface area contributed by atoms with Crippen molar-refractivity contribution in [3.63, 3.8) is 0 Å². The maximum absolute atomic E-state index is 12.5. The molecular formula is C54H99NO5. The van der Waals surface area contributed by atoms with Crippen LogP contribution in [0.5, 0.6) is 0 Å². The minimum atomic E-state index is -1.30. The molecule has 0 aromatic heterocycles. The summed E-state index contributed by atoms with van der Waals surface area (Å²) in [5.74, 6) is -0.605. The number of allylic oxidation sites excluding steroid dienone is 10. The average Bonchev–Trinajstić information content (AvgIpc) is 3.25. The highest BCUT2D eigenvalue weighted by Gasteiger charge is 2.28. The first-order chi connectivity index (χ1) is 29.5. The lowest BCUT2D eigenvalue weighted by molar-refractivity contribution is -0.132. The predicted octanol–water partition coefficient (Wildman–Crippen LogP) is 14.4. The van der Waals surface area contributed by atoms with Crippen LogP contribution < -0.4 is 5.32 Å². The zero-order valence-corrected chi connectivity index (χ0v) is 39.4. The lowest BCUT2D eigenvalue weighted by atomic mass is 10.00. The minimum absolute atomic E-state index is 0.350. The van der Waals surface area contributed by atoms with E-state index in [4.69, 9.17) is 0 Å². The van der Waals surface area contributed by atoms with Crippen LogP contribution in [0.3, 0.4) is 0 Å². The van der Waals surface area contributed by atoms with Crippen LogP contribution >= 0.6 is 0 Å². The van der Waals surface area contributed by atoms with Crippen LogP contribution in [0.15, 0.2) is 60.8 Å². The van der Waals surface area contributed by atoms with Gasteiger partial charge in [-0.1, -0.05) is 216 Å². The number of carbonyl (C=O) groups is 1. The van der Waals surface area contributed by atoms with Gasteiger partial charge in [0.25, 0.3) is 0 Å². The van der Waals surface area contributed by atoms with Crippen molar-refractivity contribution in [3.8, 4) is 0 Å². The Balaban J connectivity index is 3.77. The molecule has 0 saturated heterocycles. The van der Waals surface area contributed by atoms with Crippen LogP contribution in [-0.2, 0) is 4.79 Å². The Morgan fingerprint density at radius 1 is 0.417 bits per heavy atom. The van der Waals surface area contributed by atoms with Crippen LogP contribution in [0, 0.1) is 0 Å². The fraction of sp³-hybridized carbons (Fsp3) is 0.796. The highest BCUT2D eigenvalue weighted by atomic mass is 16.3. The third-order valence-corrected chi connectivity index (χ3v) is 11.7. The summed E-state index contributed by atoms with van der Waals surface area (Å²) in [5.41, 5.74) is 0. The fourth-order valence-electron chi connectivity index (χ4n) is 7.60. The molecule has 0 spiro atoms. The molecule has 0 aliphatic carbocycles. The number of aliphatic hydroxyl groups is 4. The minimum Gasteiger partial charge on any atom is -0.394 e. The average molecular weight is 842 g/mol. The molecule has 0 fully saturated rings. The summed E-state index contributed by atoms with van der Waals surface area (Å²) in [4.78, 5) is 12.5. The molecule has 0 bridgehead atoms. The summed E-state index contributed by atoms with van der Waals surface area (Å²) >= 11 is 0. The molecule has 4 atom stereocenters. The Hall–Kier alpha value is -1.99. The number of nitrogens with one attached hydrogen (secondary N) is 1. The summed E-state index contributed by atoms with van der Waals surface area (Å²) in [5, 5.41) is 43.8. The van der Waals surface area contributed by atoms with E-state index >= 15 is 0 Å².